The highest BCUT2D eigenvalue weighted by atomic mass is 16.5. The summed E-state index contributed by atoms with van der Waals surface area (Å²) in [6, 6.07) is 12.2. The number of nitrogens with zero attached hydrogens (tertiary/aromatic N) is 1. The molecule has 0 aliphatic rings. The highest BCUT2D eigenvalue weighted by molar-refractivity contribution is 5.72. The summed E-state index contributed by atoms with van der Waals surface area (Å²) in [5.41, 5.74) is 3.44. The Bertz CT molecular complexity index is 564. The van der Waals surface area contributed by atoms with Gasteiger partial charge in [-0.2, -0.15) is 4.98 Å². The minimum Gasteiger partial charge on any atom is -0.481 e. The Morgan fingerprint density at radius 2 is 1.63 bits per heavy atom. The van der Waals surface area contributed by atoms with E-state index in [4.69, 9.17) is 9.47 Å². The zero-order valence-electron chi connectivity index (χ0n) is 11.8. The number of benzene rings is 1. The van der Waals surface area contributed by atoms with E-state index in [0.29, 0.717) is 17.7 Å². The first-order valence-corrected chi connectivity index (χ1v) is 6.35. The third-order valence-corrected chi connectivity index (χ3v) is 3.11. The van der Waals surface area contributed by atoms with E-state index in [9.17, 15) is 0 Å². The van der Waals surface area contributed by atoms with Crippen LogP contribution in [0.4, 0.5) is 0 Å². The van der Waals surface area contributed by atoms with Gasteiger partial charge in [-0.3, -0.25) is 0 Å². The topological polar surface area (TPSA) is 31.4 Å². The van der Waals surface area contributed by atoms with Crippen LogP contribution in [0.5, 0.6) is 11.8 Å². The molecule has 19 heavy (non-hydrogen) atoms. The fourth-order valence-corrected chi connectivity index (χ4v) is 2.14. The molecule has 0 atom stereocenters. The first-order valence-electron chi connectivity index (χ1n) is 6.35. The van der Waals surface area contributed by atoms with Crippen LogP contribution in [0.3, 0.4) is 0 Å². The maximum Gasteiger partial charge on any atom is 0.224 e. The van der Waals surface area contributed by atoms with E-state index in [1.807, 2.05) is 18.2 Å². The predicted octanol–water partition coefficient (Wildman–Crippen LogP) is 3.89. The number of aromatic nitrogens is 1. The van der Waals surface area contributed by atoms with E-state index < -0.39 is 0 Å². The molecule has 0 radical (unpaired) electrons. The summed E-state index contributed by atoms with van der Waals surface area (Å²) >= 11 is 0. The van der Waals surface area contributed by atoms with Crippen molar-refractivity contribution in [3.8, 4) is 22.9 Å². The van der Waals surface area contributed by atoms with Gasteiger partial charge in [-0.05, 0) is 23.1 Å². The van der Waals surface area contributed by atoms with Crippen molar-refractivity contribution in [1.29, 1.82) is 0 Å². The molecule has 2 aromatic rings. The fourth-order valence-electron chi connectivity index (χ4n) is 2.14. The van der Waals surface area contributed by atoms with Gasteiger partial charge in [0.2, 0.25) is 11.8 Å². The van der Waals surface area contributed by atoms with Crippen LogP contribution in [-0.2, 0) is 0 Å². The molecule has 1 heterocycles. The van der Waals surface area contributed by atoms with Gasteiger partial charge in [0.05, 0.1) is 14.2 Å². The molecular formula is C16H19NO2. The maximum absolute atomic E-state index is 5.39. The number of methoxy groups -OCH3 is 2. The van der Waals surface area contributed by atoms with E-state index >= 15 is 0 Å². The lowest BCUT2D eigenvalue weighted by molar-refractivity contribution is 0.366. The molecule has 2 rings (SSSR count). The van der Waals surface area contributed by atoms with Crippen LogP contribution in [0.25, 0.3) is 11.1 Å². The summed E-state index contributed by atoms with van der Waals surface area (Å²) in [4.78, 5) is 4.34. The Morgan fingerprint density at radius 1 is 0.895 bits per heavy atom. The molecule has 3 heteroatoms. The number of rotatable bonds is 4. The van der Waals surface area contributed by atoms with E-state index in [0.717, 1.165) is 11.1 Å². The van der Waals surface area contributed by atoms with Crippen LogP contribution in [0.15, 0.2) is 36.4 Å². The smallest absolute Gasteiger partial charge is 0.224 e. The molecule has 1 aromatic carbocycles. The number of hydrogen-bond acceptors (Lipinski definition) is 3. The first kappa shape index (κ1) is 13.4. The van der Waals surface area contributed by atoms with Gasteiger partial charge in [0.15, 0.2) is 0 Å². The van der Waals surface area contributed by atoms with Crippen LogP contribution in [0.1, 0.15) is 25.3 Å². The van der Waals surface area contributed by atoms with Gasteiger partial charge in [-0.15, -0.1) is 0 Å². The molecule has 0 spiro atoms. The molecule has 0 aliphatic heterocycles. The molecule has 0 N–H and O–H groups in total. The second-order valence-corrected chi connectivity index (χ2v) is 4.65. The van der Waals surface area contributed by atoms with Gasteiger partial charge in [0.1, 0.15) is 0 Å². The van der Waals surface area contributed by atoms with Gasteiger partial charge in [0.25, 0.3) is 0 Å². The van der Waals surface area contributed by atoms with E-state index in [1.54, 1.807) is 14.2 Å². The molecule has 0 saturated carbocycles. The fraction of sp³-hybridized carbons (Fsp3) is 0.312. The van der Waals surface area contributed by atoms with Gasteiger partial charge < -0.3 is 9.47 Å². The highest BCUT2D eigenvalue weighted by Gasteiger charge is 2.13. The average molecular weight is 257 g/mol. The monoisotopic (exact) mass is 257 g/mol. The lowest BCUT2D eigenvalue weighted by atomic mass is 9.93. The van der Waals surface area contributed by atoms with E-state index in [1.165, 1.54) is 5.56 Å². The zero-order valence-corrected chi connectivity index (χ0v) is 11.8. The SMILES string of the molecule is COc1ccc(-c2ccccc2C(C)C)c(OC)n1. The third-order valence-electron chi connectivity index (χ3n) is 3.11. The number of hydrogen-bond donors (Lipinski definition) is 0. The van der Waals surface area contributed by atoms with Crippen molar-refractivity contribution in [2.75, 3.05) is 14.2 Å². The molecule has 3 nitrogen and oxygen atoms in total. The summed E-state index contributed by atoms with van der Waals surface area (Å²) in [5, 5.41) is 0. The molecule has 0 saturated heterocycles. The van der Waals surface area contributed by atoms with Gasteiger partial charge in [0, 0.05) is 11.6 Å². The van der Waals surface area contributed by atoms with Crippen molar-refractivity contribution in [1.82, 2.24) is 4.98 Å². The summed E-state index contributed by atoms with van der Waals surface area (Å²) in [6.07, 6.45) is 0. The predicted molar refractivity (Wildman–Crippen MR) is 76.9 cm³/mol. The van der Waals surface area contributed by atoms with Crippen LogP contribution < -0.4 is 9.47 Å². The average Bonchev–Trinajstić information content (AvgIpc) is 2.46. The highest BCUT2D eigenvalue weighted by Crippen LogP contribution is 2.35. The van der Waals surface area contributed by atoms with Gasteiger partial charge in [-0.1, -0.05) is 38.1 Å². The van der Waals surface area contributed by atoms with Crippen LogP contribution >= 0.6 is 0 Å². The molecule has 1 aromatic heterocycles. The Morgan fingerprint density at radius 3 is 2.26 bits per heavy atom. The summed E-state index contributed by atoms with van der Waals surface area (Å²) in [6.45, 7) is 4.37. The summed E-state index contributed by atoms with van der Waals surface area (Å²) in [5.74, 6) is 1.60. The van der Waals surface area contributed by atoms with Crippen molar-refractivity contribution in [2.24, 2.45) is 0 Å². The second kappa shape index (κ2) is 5.74. The first-order chi connectivity index (χ1) is 9.17. The van der Waals surface area contributed by atoms with Crippen LogP contribution in [-0.4, -0.2) is 19.2 Å². The molecule has 100 valence electrons. The Labute approximate surface area is 114 Å². The molecule has 0 aliphatic carbocycles. The molecule has 0 amide bonds. The third kappa shape index (κ3) is 2.70. The van der Waals surface area contributed by atoms with Crippen LogP contribution in [0.2, 0.25) is 0 Å². The molecule has 0 fully saturated rings. The van der Waals surface area contributed by atoms with Crippen molar-refractivity contribution >= 4 is 0 Å². The molecule has 0 bridgehead atoms. The summed E-state index contributed by atoms with van der Waals surface area (Å²) < 4.78 is 10.5. The number of pyridine rings is 1. The quantitative estimate of drug-likeness (QED) is 0.832. The van der Waals surface area contributed by atoms with Crippen molar-refractivity contribution in [2.45, 2.75) is 19.8 Å². The Balaban J connectivity index is 2.58. The van der Waals surface area contributed by atoms with E-state index in [2.05, 4.69) is 37.0 Å². The lowest BCUT2D eigenvalue weighted by Gasteiger charge is -2.15. The molecule has 0 unspecified atom stereocenters. The van der Waals surface area contributed by atoms with Crippen LogP contribution in [0, 0.1) is 0 Å². The largest absolute Gasteiger partial charge is 0.481 e. The van der Waals surface area contributed by atoms with Crippen molar-refractivity contribution in [3.05, 3.63) is 42.0 Å². The maximum atomic E-state index is 5.39. The normalized spacial score (nSPS) is 10.6. The summed E-state index contributed by atoms with van der Waals surface area (Å²) in [7, 11) is 3.23. The molecular weight excluding hydrogens is 238 g/mol. The van der Waals surface area contributed by atoms with Gasteiger partial charge in [-0.25, -0.2) is 0 Å². The lowest BCUT2D eigenvalue weighted by Crippen LogP contribution is -1.98. The number of ether oxygens (including phenoxy) is 2. The zero-order chi connectivity index (χ0) is 13.8. The standard InChI is InChI=1S/C16H19NO2/c1-11(2)12-7-5-6-8-13(12)14-9-10-15(18-3)17-16(14)19-4/h5-11H,1-4H3. The van der Waals surface area contributed by atoms with Crippen molar-refractivity contribution < 1.29 is 9.47 Å². The second-order valence-electron chi connectivity index (χ2n) is 4.65. The minimum absolute atomic E-state index is 0.447. The van der Waals surface area contributed by atoms with Crippen molar-refractivity contribution in [3.63, 3.8) is 0 Å². The van der Waals surface area contributed by atoms with Gasteiger partial charge >= 0.3 is 0 Å². The van der Waals surface area contributed by atoms with E-state index in [-0.39, 0.29) is 0 Å². The Hall–Kier alpha value is -2.03. The Kier molecular flexibility index (Phi) is 4.05. The minimum atomic E-state index is 0.447.